The molecule has 1 spiro atoms. The molecule has 2 aliphatic rings. The first-order valence-corrected chi connectivity index (χ1v) is 7.87. The van der Waals surface area contributed by atoms with Gasteiger partial charge in [-0.3, -0.25) is 4.79 Å². The van der Waals surface area contributed by atoms with Crippen molar-refractivity contribution in [1.29, 1.82) is 0 Å². The number of carbonyl (C=O) groups is 1. The molecule has 1 amide bonds. The normalized spacial score (nSPS) is 21.8. The number of amides is 1. The van der Waals surface area contributed by atoms with Gasteiger partial charge in [0.1, 0.15) is 5.82 Å². The van der Waals surface area contributed by atoms with E-state index in [1.165, 1.54) is 0 Å². The van der Waals surface area contributed by atoms with Crippen molar-refractivity contribution in [1.82, 2.24) is 15.2 Å². The predicted octanol–water partition coefficient (Wildman–Crippen LogP) is 0.742. The number of hydrogen-bond acceptors (Lipinski definition) is 5. The summed E-state index contributed by atoms with van der Waals surface area (Å²) in [5.41, 5.74) is 0.589. The van der Waals surface area contributed by atoms with E-state index >= 15 is 0 Å². The molecule has 1 aromatic heterocycles. The van der Waals surface area contributed by atoms with Crippen molar-refractivity contribution < 1.29 is 9.53 Å². The Labute approximate surface area is 131 Å². The van der Waals surface area contributed by atoms with E-state index in [4.69, 9.17) is 4.74 Å². The maximum atomic E-state index is 11.8. The van der Waals surface area contributed by atoms with Crippen LogP contribution in [0.5, 0.6) is 0 Å². The van der Waals surface area contributed by atoms with E-state index in [0.717, 1.165) is 51.4 Å². The molecule has 0 atom stereocenters. The molecule has 2 aliphatic heterocycles. The number of nitrogens with zero attached hydrogens (tertiary/aromatic N) is 3. The number of rotatable bonds is 2. The minimum atomic E-state index is -0.0779. The van der Waals surface area contributed by atoms with Crippen molar-refractivity contribution in [2.75, 3.05) is 51.8 Å². The first-order chi connectivity index (χ1) is 10.6. The minimum absolute atomic E-state index is 0.0601. The van der Waals surface area contributed by atoms with Gasteiger partial charge in [-0.15, -0.1) is 0 Å². The third kappa shape index (κ3) is 3.08. The van der Waals surface area contributed by atoms with Crippen LogP contribution in [0.15, 0.2) is 18.3 Å². The Balaban J connectivity index is 1.76. The highest BCUT2D eigenvalue weighted by Crippen LogP contribution is 2.31. The summed E-state index contributed by atoms with van der Waals surface area (Å²) in [5.74, 6) is 0.786. The third-order valence-corrected chi connectivity index (χ3v) is 4.71. The molecule has 2 fully saturated rings. The number of aromatic nitrogens is 1. The Bertz CT molecular complexity index is 541. The fourth-order valence-corrected chi connectivity index (χ4v) is 3.25. The number of anilines is 1. The fourth-order valence-electron chi connectivity index (χ4n) is 3.25. The molecule has 3 rings (SSSR count). The van der Waals surface area contributed by atoms with E-state index in [9.17, 15) is 4.79 Å². The van der Waals surface area contributed by atoms with Crippen LogP contribution < -0.4 is 10.2 Å². The zero-order valence-electron chi connectivity index (χ0n) is 13.3. The Morgan fingerprint density at radius 3 is 2.86 bits per heavy atom. The Morgan fingerprint density at radius 1 is 1.36 bits per heavy atom. The molecule has 0 saturated carbocycles. The van der Waals surface area contributed by atoms with Gasteiger partial charge in [0.05, 0.1) is 12.2 Å². The lowest BCUT2D eigenvalue weighted by Crippen LogP contribution is -2.56. The van der Waals surface area contributed by atoms with Crippen molar-refractivity contribution in [3.63, 3.8) is 0 Å². The summed E-state index contributed by atoms with van der Waals surface area (Å²) < 4.78 is 6.13. The molecule has 6 nitrogen and oxygen atoms in total. The molecule has 0 aliphatic carbocycles. The van der Waals surface area contributed by atoms with E-state index in [1.54, 1.807) is 19.3 Å². The van der Waals surface area contributed by atoms with Crippen LogP contribution in [0.25, 0.3) is 0 Å². The van der Waals surface area contributed by atoms with Gasteiger partial charge in [-0.1, -0.05) is 0 Å². The van der Waals surface area contributed by atoms with Gasteiger partial charge in [0, 0.05) is 45.0 Å². The molecule has 1 N–H and O–H groups in total. The number of nitrogens with one attached hydrogen (secondary N) is 1. The van der Waals surface area contributed by atoms with Gasteiger partial charge in [-0.05, 0) is 32.0 Å². The monoisotopic (exact) mass is 304 g/mol. The second-order valence-corrected chi connectivity index (χ2v) is 6.24. The van der Waals surface area contributed by atoms with E-state index in [2.05, 4.69) is 27.1 Å². The van der Waals surface area contributed by atoms with Gasteiger partial charge in [0.25, 0.3) is 5.91 Å². The van der Waals surface area contributed by atoms with Crippen LogP contribution in [0.4, 0.5) is 5.82 Å². The first-order valence-electron chi connectivity index (χ1n) is 7.87. The average Bonchev–Trinajstić information content (AvgIpc) is 2.57. The molecule has 0 aromatic carbocycles. The van der Waals surface area contributed by atoms with E-state index < -0.39 is 0 Å². The van der Waals surface area contributed by atoms with Gasteiger partial charge in [-0.2, -0.15) is 0 Å². The lowest BCUT2D eigenvalue weighted by Gasteiger charge is -2.47. The number of ether oxygens (including phenoxy) is 1. The van der Waals surface area contributed by atoms with E-state index in [0.29, 0.717) is 5.56 Å². The zero-order valence-corrected chi connectivity index (χ0v) is 13.3. The average molecular weight is 304 g/mol. The fraction of sp³-hybridized carbons (Fsp3) is 0.625. The molecular formula is C16H24N4O2. The highest BCUT2D eigenvalue weighted by Gasteiger charge is 2.39. The molecule has 120 valence electrons. The summed E-state index contributed by atoms with van der Waals surface area (Å²) in [6, 6.07) is 3.61. The van der Waals surface area contributed by atoms with Gasteiger partial charge in [0.2, 0.25) is 0 Å². The largest absolute Gasteiger partial charge is 0.371 e. The second-order valence-electron chi connectivity index (χ2n) is 6.24. The molecule has 3 heterocycles. The molecule has 0 unspecified atom stereocenters. The molecule has 2 saturated heterocycles. The van der Waals surface area contributed by atoms with Crippen LogP contribution >= 0.6 is 0 Å². The van der Waals surface area contributed by atoms with Gasteiger partial charge in [0.15, 0.2) is 0 Å². The third-order valence-electron chi connectivity index (χ3n) is 4.71. The lowest BCUT2D eigenvalue weighted by atomic mass is 9.89. The topological polar surface area (TPSA) is 57.7 Å². The van der Waals surface area contributed by atoms with Crippen molar-refractivity contribution in [3.8, 4) is 0 Å². The highest BCUT2D eigenvalue weighted by molar-refractivity contribution is 5.94. The molecule has 0 radical (unpaired) electrons. The Morgan fingerprint density at radius 2 is 2.14 bits per heavy atom. The summed E-state index contributed by atoms with van der Waals surface area (Å²) in [4.78, 5) is 20.8. The number of carbonyl (C=O) groups excluding carboxylic acids is 1. The predicted molar refractivity (Wildman–Crippen MR) is 85.3 cm³/mol. The quantitative estimate of drug-likeness (QED) is 0.873. The molecular weight excluding hydrogens is 280 g/mol. The van der Waals surface area contributed by atoms with E-state index in [-0.39, 0.29) is 11.5 Å². The van der Waals surface area contributed by atoms with Gasteiger partial charge in [-0.25, -0.2) is 4.98 Å². The minimum Gasteiger partial charge on any atom is -0.371 e. The second kappa shape index (κ2) is 6.22. The molecule has 22 heavy (non-hydrogen) atoms. The lowest BCUT2D eigenvalue weighted by molar-refractivity contribution is -0.0884. The van der Waals surface area contributed by atoms with Crippen LogP contribution in [-0.2, 0) is 4.74 Å². The van der Waals surface area contributed by atoms with Crippen molar-refractivity contribution in [3.05, 3.63) is 23.9 Å². The van der Waals surface area contributed by atoms with Crippen LogP contribution in [-0.4, -0.2) is 68.3 Å². The van der Waals surface area contributed by atoms with Crippen molar-refractivity contribution in [2.24, 2.45) is 0 Å². The molecule has 0 bridgehead atoms. The molecule has 6 heteroatoms. The maximum Gasteiger partial charge on any atom is 0.251 e. The van der Waals surface area contributed by atoms with Gasteiger partial charge < -0.3 is 19.9 Å². The summed E-state index contributed by atoms with van der Waals surface area (Å²) in [6.45, 7) is 4.53. The van der Waals surface area contributed by atoms with Crippen LogP contribution in [0, 0.1) is 0 Å². The number of likely N-dealkylation sites (tertiary alicyclic amines) is 1. The van der Waals surface area contributed by atoms with E-state index in [1.807, 2.05) is 6.07 Å². The number of hydrogen-bond donors (Lipinski definition) is 1. The zero-order chi connectivity index (χ0) is 15.6. The number of pyridine rings is 1. The van der Waals surface area contributed by atoms with Crippen LogP contribution in [0.3, 0.4) is 0 Å². The molecule has 1 aromatic rings. The summed E-state index contributed by atoms with van der Waals surface area (Å²) >= 11 is 0. The summed E-state index contributed by atoms with van der Waals surface area (Å²) in [6.07, 6.45) is 3.81. The van der Waals surface area contributed by atoms with Crippen molar-refractivity contribution >= 4 is 11.7 Å². The number of piperidine rings is 1. The summed E-state index contributed by atoms with van der Waals surface area (Å²) in [7, 11) is 3.80. The van der Waals surface area contributed by atoms with Crippen molar-refractivity contribution in [2.45, 2.75) is 18.4 Å². The summed E-state index contributed by atoms with van der Waals surface area (Å²) in [5, 5.41) is 2.66. The Hall–Kier alpha value is -1.66. The Kier molecular flexibility index (Phi) is 4.31. The smallest absolute Gasteiger partial charge is 0.251 e. The first kappa shape index (κ1) is 15.2. The highest BCUT2D eigenvalue weighted by atomic mass is 16.5. The van der Waals surface area contributed by atoms with Crippen LogP contribution in [0.1, 0.15) is 23.2 Å². The SMILES string of the molecule is CNC(=O)c1ccnc(N2CCOC3(CCN(C)CC3)C2)c1. The number of morpholine rings is 1. The standard InChI is InChI=1S/C16H24N4O2/c1-17-15(21)13-3-6-18-14(11-13)20-9-10-22-16(12-20)4-7-19(2)8-5-16/h3,6,11H,4-5,7-10,12H2,1-2H3,(H,17,21). The van der Waals surface area contributed by atoms with Gasteiger partial charge >= 0.3 is 0 Å². The maximum absolute atomic E-state index is 11.8. The van der Waals surface area contributed by atoms with Crippen LogP contribution in [0.2, 0.25) is 0 Å².